The van der Waals surface area contributed by atoms with E-state index in [0.29, 0.717) is 48.9 Å². The third-order valence-corrected chi connectivity index (χ3v) is 6.29. The van der Waals surface area contributed by atoms with Gasteiger partial charge in [0.1, 0.15) is 11.9 Å². The van der Waals surface area contributed by atoms with Crippen LogP contribution in [0.2, 0.25) is 0 Å². The molecule has 0 bridgehead atoms. The van der Waals surface area contributed by atoms with Crippen LogP contribution in [0, 0.1) is 11.8 Å². The van der Waals surface area contributed by atoms with E-state index in [9.17, 15) is 28.5 Å². The van der Waals surface area contributed by atoms with Crippen LogP contribution in [0.25, 0.3) is 0 Å². The van der Waals surface area contributed by atoms with E-state index in [0.717, 1.165) is 25.2 Å². The summed E-state index contributed by atoms with van der Waals surface area (Å²) in [6, 6.07) is 8.11. The van der Waals surface area contributed by atoms with E-state index in [4.69, 9.17) is 0 Å². The zero-order valence-electron chi connectivity index (χ0n) is 16.4. The maximum absolute atomic E-state index is 12.7. The number of halogens is 3. The van der Waals surface area contributed by atoms with E-state index in [1.807, 2.05) is 0 Å². The minimum atomic E-state index is -4.36. The monoisotopic (exact) mass is 422 g/mol. The number of aromatic hydroxyl groups is 1. The van der Waals surface area contributed by atoms with Gasteiger partial charge in [-0.1, -0.05) is 12.1 Å². The minimum absolute atomic E-state index is 0.0500. The molecule has 1 unspecified atom stereocenters. The van der Waals surface area contributed by atoms with Gasteiger partial charge in [0, 0.05) is 26.1 Å². The van der Waals surface area contributed by atoms with Crippen LogP contribution in [0.15, 0.2) is 42.6 Å². The molecule has 2 aliphatic rings. The molecule has 3 N–H and O–H groups in total. The number of aromatic nitrogens is 1. The Labute approximate surface area is 172 Å². The zero-order valence-corrected chi connectivity index (χ0v) is 16.4. The second-order valence-electron chi connectivity index (χ2n) is 8.70. The lowest BCUT2D eigenvalue weighted by molar-refractivity contribution is -0.137. The highest BCUT2D eigenvalue weighted by Crippen LogP contribution is 2.45. The van der Waals surface area contributed by atoms with E-state index in [-0.39, 0.29) is 5.75 Å². The summed E-state index contributed by atoms with van der Waals surface area (Å²) in [7, 11) is 0. The molecule has 162 valence electrons. The Morgan fingerprint density at radius 2 is 1.70 bits per heavy atom. The van der Waals surface area contributed by atoms with Gasteiger partial charge in [0.15, 0.2) is 0 Å². The first-order valence-corrected chi connectivity index (χ1v) is 10.1. The lowest BCUT2D eigenvalue weighted by atomic mass is 9.91. The van der Waals surface area contributed by atoms with Gasteiger partial charge in [-0.05, 0) is 54.5 Å². The molecule has 1 saturated carbocycles. The molecule has 8 heteroatoms. The van der Waals surface area contributed by atoms with E-state index in [1.54, 1.807) is 6.07 Å². The van der Waals surface area contributed by atoms with Crippen LogP contribution in [0.3, 0.4) is 0 Å². The number of aliphatic hydroxyl groups is 2. The molecule has 1 aromatic carbocycles. The maximum atomic E-state index is 12.7. The van der Waals surface area contributed by atoms with Gasteiger partial charge in [0.25, 0.3) is 0 Å². The van der Waals surface area contributed by atoms with Gasteiger partial charge in [-0.3, -0.25) is 9.88 Å². The summed E-state index contributed by atoms with van der Waals surface area (Å²) in [5.41, 5.74) is -0.378. The van der Waals surface area contributed by atoms with Gasteiger partial charge in [0.05, 0.1) is 23.1 Å². The molecule has 4 atom stereocenters. The highest BCUT2D eigenvalue weighted by molar-refractivity contribution is 5.26. The van der Waals surface area contributed by atoms with Crippen molar-refractivity contribution in [2.45, 2.75) is 37.1 Å². The van der Waals surface area contributed by atoms with Crippen molar-refractivity contribution >= 4 is 0 Å². The summed E-state index contributed by atoms with van der Waals surface area (Å²) in [6.45, 7) is 1.95. The Bertz CT molecular complexity index is 857. The zero-order chi connectivity index (χ0) is 21.5. The van der Waals surface area contributed by atoms with Crippen molar-refractivity contribution < 1.29 is 28.5 Å². The number of nitrogens with zero attached hydrogens (tertiary/aromatic N) is 2. The highest BCUT2D eigenvalue weighted by atomic mass is 19.4. The van der Waals surface area contributed by atoms with Gasteiger partial charge in [0.2, 0.25) is 0 Å². The number of rotatable bonds is 5. The SMILES string of the molecule is Oc1ccc(C(O)CN2C[C@@H]3C[C@](O)(Cc4ccc(C(F)(F)F)cc4)C[C@@H]3C2)nc1. The molecule has 1 aliphatic carbocycles. The normalized spacial score (nSPS) is 27.9. The molecule has 0 radical (unpaired) electrons. The smallest absolute Gasteiger partial charge is 0.416 e. The quantitative estimate of drug-likeness (QED) is 0.690. The van der Waals surface area contributed by atoms with Crippen molar-refractivity contribution in [2.75, 3.05) is 19.6 Å². The molecule has 1 saturated heterocycles. The molecule has 2 fully saturated rings. The van der Waals surface area contributed by atoms with Crippen LogP contribution in [0.1, 0.15) is 35.8 Å². The first kappa shape index (κ1) is 21.1. The number of β-amino-alcohol motifs (C(OH)–C–C–N with tert-alkyl or cyclic N) is 1. The lowest BCUT2D eigenvalue weighted by Gasteiger charge is -2.27. The van der Waals surface area contributed by atoms with Gasteiger partial charge < -0.3 is 15.3 Å². The van der Waals surface area contributed by atoms with Crippen molar-refractivity contribution in [1.82, 2.24) is 9.88 Å². The lowest BCUT2D eigenvalue weighted by Crippen LogP contribution is -2.33. The van der Waals surface area contributed by atoms with Crippen molar-refractivity contribution in [1.29, 1.82) is 0 Å². The minimum Gasteiger partial charge on any atom is -0.506 e. The molecular weight excluding hydrogens is 397 g/mol. The van der Waals surface area contributed by atoms with E-state index in [2.05, 4.69) is 9.88 Å². The topological polar surface area (TPSA) is 76.8 Å². The Hall–Kier alpha value is -2.16. The molecule has 0 amide bonds. The number of fused-ring (bicyclic) bond motifs is 1. The average Bonchev–Trinajstić information content (AvgIpc) is 3.15. The van der Waals surface area contributed by atoms with Crippen LogP contribution >= 0.6 is 0 Å². The summed E-state index contributed by atoms with van der Waals surface area (Å²) in [6.07, 6.45) is -2.26. The molecule has 2 aromatic rings. The van der Waals surface area contributed by atoms with Gasteiger partial charge >= 0.3 is 6.18 Å². The molecule has 1 aromatic heterocycles. The number of pyridine rings is 1. The second-order valence-corrected chi connectivity index (χ2v) is 8.70. The average molecular weight is 422 g/mol. The fraction of sp³-hybridized carbons (Fsp3) is 0.500. The van der Waals surface area contributed by atoms with Crippen LogP contribution in [0.4, 0.5) is 13.2 Å². The number of likely N-dealkylation sites (tertiary alicyclic amines) is 1. The molecule has 0 spiro atoms. The van der Waals surface area contributed by atoms with Crippen molar-refractivity contribution in [3.8, 4) is 5.75 Å². The Morgan fingerprint density at radius 3 is 2.23 bits per heavy atom. The maximum Gasteiger partial charge on any atom is 0.416 e. The first-order valence-electron chi connectivity index (χ1n) is 10.1. The Balaban J connectivity index is 1.32. The standard InChI is InChI=1S/C22H25F3N2O3/c23-22(24,25)17-3-1-14(2-4-17)7-21(30)8-15-11-27(12-16(15)9-21)13-20(29)19-6-5-18(28)10-26-19/h1-6,10,15-16,20,28-30H,7-9,11-13H2/t15-,16+,20?,21+. The van der Waals surface area contributed by atoms with Crippen LogP contribution in [-0.2, 0) is 12.6 Å². The second kappa shape index (κ2) is 7.83. The molecule has 4 rings (SSSR count). The number of aliphatic hydroxyl groups excluding tert-OH is 1. The van der Waals surface area contributed by atoms with Crippen LogP contribution < -0.4 is 0 Å². The van der Waals surface area contributed by atoms with Gasteiger partial charge in [-0.2, -0.15) is 13.2 Å². The number of benzene rings is 1. The highest BCUT2D eigenvalue weighted by Gasteiger charge is 2.48. The predicted octanol–water partition coefficient (Wildman–Crippen LogP) is 3.16. The molecule has 1 aliphatic heterocycles. The first-order chi connectivity index (χ1) is 14.1. The van der Waals surface area contributed by atoms with E-state index in [1.165, 1.54) is 24.4 Å². The summed E-state index contributed by atoms with van der Waals surface area (Å²) in [5, 5.41) is 30.7. The van der Waals surface area contributed by atoms with Gasteiger partial charge in [-0.15, -0.1) is 0 Å². The molecule has 2 heterocycles. The number of alkyl halides is 3. The van der Waals surface area contributed by atoms with Crippen molar-refractivity contribution in [3.63, 3.8) is 0 Å². The molecule has 5 nitrogen and oxygen atoms in total. The van der Waals surface area contributed by atoms with Crippen LogP contribution in [0.5, 0.6) is 5.75 Å². The third-order valence-electron chi connectivity index (χ3n) is 6.29. The van der Waals surface area contributed by atoms with Crippen molar-refractivity contribution in [2.24, 2.45) is 11.8 Å². The fourth-order valence-electron chi connectivity index (χ4n) is 4.98. The summed E-state index contributed by atoms with van der Waals surface area (Å²) in [5.74, 6) is 0.642. The molecule has 30 heavy (non-hydrogen) atoms. The largest absolute Gasteiger partial charge is 0.506 e. The third kappa shape index (κ3) is 4.61. The summed E-state index contributed by atoms with van der Waals surface area (Å²) >= 11 is 0. The summed E-state index contributed by atoms with van der Waals surface area (Å²) < 4.78 is 38.2. The van der Waals surface area contributed by atoms with Gasteiger partial charge in [-0.25, -0.2) is 0 Å². The van der Waals surface area contributed by atoms with Crippen LogP contribution in [-0.4, -0.2) is 50.4 Å². The Kier molecular flexibility index (Phi) is 5.50. The molecular formula is C22H25F3N2O3. The van der Waals surface area contributed by atoms with E-state index < -0.39 is 23.4 Å². The Morgan fingerprint density at radius 1 is 1.07 bits per heavy atom. The number of hydrogen-bond acceptors (Lipinski definition) is 5. The van der Waals surface area contributed by atoms with Crippen molar-refractivity contribution in [3.05, 3.63) is 59.4 Å². The predicted molar refractivity (Wildman–Crippen MR) is 104 cm³/mol. The summed E-state index contributed by atoms with van der Waals surface area (Å²) in [4.78, 5) is 6.21. The van der Waals surface area contributed by atoms with E-state index >= 15 is 0 Å². The fourth-order valence-corrected chi connectivity index (χ4v) is 4.98. The number of hydrogen-bond donors (Lipinski definition) is 3.